The third-order valence-corrected chi connectivity index (χ3v) is 2.97. The summed E-state index contributed by atoms with van der Waals surface area (Å²) < 4.78 is 5.49. The van der Waals surface area contributed by atoms with Gasteiger partial charge >= 0.3 is 0 Å². The van der Waals surface area contributed by atoms with Crippen LogP contribution in [0.4, 0.5) is 0 Å². The largest absolute Gasteiger partial charge is 0.493 e. The number of ether oxygens (including phenoxy) is 1. The quantitative estimate of drug-likeness (QED) is 0.764. The predicted molar refractivity (Wildman–Crippen MR) is 61.5 cm³/mol. The summed E-state index contributed by atoms with van der Waals surface area (Å²) >= 11 is 0. The number of fused-ring (bicyclic) bond motifs is 1. The second-order valence-corrected chi connectivity index (χ2v) is 4.19. The first-order valence-electron chi connectivity index (χ1n) is 5.86. The minimum atomic E-state index is -0.342. The lowest BCUT2D eigenvalue weighted by atomic mass is 9.89. The molecule has 1 aliphatic rings. The second kappa shape index (κ2) is 5.32. The Hall–Kier alpha value is -1.06. The van der Waals surface area contributed by atoms with Crippen LogP contribution in [-0.4, -0.2) is 23.4 Å². The number of benzene rings is 1. The van der Waals surface area contributed by atoms with Gasteiger partial charge in [-0.15, -0.1) is 0 Å². The Morgan fingerprint density at radius 2 is 2.25 bits per heavy atom. The second-order valence-electron chi connectivity index (χ2n) is 4.19. The van der Waals surface area contributed by atoms with E-state index < -0.39 is 0 Å². The number of hydrogen-bond donors (Lipinski definition) is 2. The molecule has 0 amide bonds. The van der Waals surface area contributed by atoms with Gasteiger partial charge in [-0.3, -0.25) is 0 Å². The molecule has 1 aliphatic carbocycles. The van der Waals surface area contributed by atoms with E-state index in [1.807, 2.05) is 18.2 Å². The first kappa shape index (κ1) is 11.4. The summed E-state index contributed by atoms with van der Waals surface area (Å²) in [6.45, 7) is 0.666. The Kier molecular flexibility index (Phi) is 3.80. The maximum Gasteiger partial charge on any atom is 0.119 e. The minimum absolute atomic E-state index is 0.146. The molecule has 0 fully saturated rings. The van der Waals surface area contributed by atoms with Crippen molar-refractivity contribution in [2.75, 3.05) is 13.2 Å². The van der Waals surface area contributed by atoms with Crippen molar-refractivity contribution in [2.45, 2.75) is 31.8 Å². The molecular weight excluding hydrogens is 204 g/mol. The highest BCUT2D eigenvalue weighted by atomic mass is 16.5. The van der Waals surface area contributed by atoms with Gasteiger partial charge in [-0.25, -0.2) is 0 Å². The lowest BCUT2D eigenvalue weighted by Crippen LogP contribution is -2.09. The molecule has 3 nitrogen and oxygen atoms in total. The summed E-state index contributed by atoms with van der Waals surface area (Å²) in [5.41, 5.74) is 2.24. The van der Waals surface area contributed by atoms with Crippen molar-refractivity contribution in [1.29, 1.82) is 0 Å². The van der Waals surface area contributed by atoms with Gasteiger partial charge in [0.1, 0.15) is 5.75 Å². The number of rotatable bonds is 4. The normalized spacial score (nSPS) is 19.2. The van der Waals surface area contributed by atoms with Gasteiger partial charge in [-0.1, -0.05) is 6.07 Å². The highest BCUT2D eigenvalue weighted by molar-refractivity contribution is 5.38. The fourth-order valence-electron chi connectivity index (χ4n) is 2.10. The van der Waals surface area contributed by atoms with E-state index in [1.165, 1.54) is 5.56 Å². The van der Waals surface area contributed by atoms with E-state index in [4.69, 9.17) is 9.84 Å². The van der Waals surface area contributed by atoms with Crippen molar-refractivity contribution in [3.05, 3.63) is 29.3 Å². The van der Waals surface area contributed by atoms with E-state index in [-0.39, 0.29) is 12.7 Å². The molecule has 0 aromatic heterocycles. The summed E-state index contributed by atoms with van der Waals surface area (Å²) in [6.07, 6.45) is 3.24. The van der Waals surface area contributed by atoms with Crippen molar-refractivity contribution in [2.24, 2.45) is 0 Å². The number of hydrogen-bond acceptors (Lipinski definition) is 3. The molecule has 2 N–H and O–H groups in total. The first-order valence-corrected chi connectivity index (χ1v) is 5.86. The van der Waals surface area contributed by atoms with Crippen LogP contribution in [0.1, 0.15) is 36.5 Å². The third kappa shape index (κ3) is 2.54. The van der Waals surface area contributed by atoms with Gasteiger partial charge in [-0.2, -0.15) is 0 Å². The summed E-state index contributed by atoms with van der Waals surface area (Å²) in [4.78, 5) is 0. The molecule has 0 aliphatic heterocycles. The summed E-state index contributed by atoms with van der Waals surface area (Å²) in [6, 6.07) is 5.90. The van der Waals surface area contributed by atoms with E-state index in [0.29, 0.717) is 13.0 Å². The lowest BCUT2D eigenvalue weighted by molar-refractivity contribution is 0.156. The van der Waals surface area contributed by atoms with Crippen LogP contribution in [0.25, 0.3) is 0 Å². The average molecular weight is 222 g/mol. The molecule has 0 spiro atoms. The molecule has 0 radical (unpaired) electrons. The molecule has 0 saturated carbocycles. The summed E-state index contributed by atoms with van der Waals surface area (Å²) in [5, 5.41) is 18.5. The zero-order valence-electron chi connectivity index (χ0n) is 9.35. The van der Waals surface area contributed by atoms with Crippen LogP contribution in [0.5, 0.6) is 5.75 Å². The Morgan fingerprint density at radius 1 is 1.38 bits per heavy atom. The van der Waals surface area contributed by atoms with E-state index in [0.717, 1.165) is 30.6 Å². The fraction of sp³-hybridized carbons (Fsp3) is 0.538. The highest BCUT2D eigenvalue weighted by Crippen LogP contribution is 2.32. The van der Waals surface area contributed by atoms with E-state index in [9.17, 15) is 5.11 Å². The van der Waals surface area contributed by atoms with Gasteiger partial charge < -0.3 is 14.9 Å². The molecule has 0 bridgehead atoms. The van der Waals surface area contributed by atoms with E-state index >= 15 is 0 Å². The summed E-state index contributed by atoms with van der Waals surface area (Å²) in [7, 11) is 0. The average Bonchev–Trinajstić information content (AvgIpc) is 2.30. The molecule has 1 aromatic carbocycles. The van der Waals surface area contributed by atoms with Crippen molar-refractivity contribution in [3.63, 3.8) is 0 Å². The Labute approximate surface area is 95.7 Å². The van der Waals surface area contributed by atoms with Gasteiger partial charge in [0, 0.05) is 13.0 Å². The maximum atomic E-state index is 9.86. The monoisotopic (exact) mass is 222 g/mol. The smallest absolute Gasteiger partial charge is 0.119 e. The molecule has 2 rings (SSSR count). The fourth-order valence-corrected chi connectivity index (χ4v) is 2.10. The lowest BCUT2D eigenvalue weighted by Gasteiger charge is -2.21. The zero-order valence-corrected chi connectivity index (χ0v) is 9.35. The van der Waals surface area contributed by atoms with Crippen molar-refractivity contribution in [3.8, 4) is 5.75 Å². The molecule has 1 atom stereocenters. The molecule has 0 unspecified atom stereocenters. The standard InChI is InChI=1S/C13H18O3/c14-7-2-8-16-11-6-5-10-3-1-4-13(15)12(10)9-11/h5-6,9,13-15H,1-4,7-8H2/t13-/m0/s1. The van der Waals surface area contributed by atoms with Crippen molar-refractivity contribution < 1.29 is 14.9 Å². The van der Waals surface area contributed by atoms with Gasteiger partial charge in [0.15, 0.2) is 0 Å². The zero-order chi connectivity index (χ0) is 11.4. The van der Waals surface area contributed by atoms with Crippen LogP contribution in [0.3, 0.4) is 0 Å². The minimum Gasteiger partial charge on any atom is -0.493 e. The van der Waals surface area contributed by atoms with Gasteiger partial charge in [-0.05, 0) is 42.5 Å². The topological polar surface area (TPSA) is 49.7 Å². The highest BCUT2D eigenvalue weighted by Gasteiger charge is 2.18. The number of aliphatic hydroxyl groups excluding tert-OH is 2. The molecule has 1 aromatic rings. The SMILES string of the molecule is OCCCOc1ccc2c(c1)[C@@H](O)CCC2. The molecular formula is C13H18O3. The number of aliphatic hydroxyl groups is 2. The van der Waals surface area contributed by atoms with Crippen molar-refractivity contribution >= 4 is 0 Å². The van der Waals surface area contributed by atoms with Crippen molar-refractivity contribution in [1.82, 2.24) is 0 Å². The van der Waals surface area contributed by atoms with Crippen LogP contribution in [0, 0.1) is 0 Å². The molecule has 0 heterocycles. The van der Waals surface area contributed by atoms with Gasteiger partial charge in [0.2, 0.25) is 0 Å². The third-order valence-electron chi connectivity index (χ3n) is 2.97. The Bertz CT molecular complexity index is 349. The van der Waals surface area contributed by atoms with E-state index in [2.05, 4.69) is 0 Å². The molecule has 0 saturated heterocycles. The Morgan fingerprint density at radius 3 is 3.06 bits per heavy atom. The molecule has 88 valence electrons. The summed E-state index contributed by atoms with van der Waals surface area (Å²) in [5.74, 6) is 0.785. The molecule has 3 heteroatoms. The molecule has 16 heavy (non-hydrogen) atoms. The first-order chi connectivity index (χ1) is 7.81. The van der Waals surface area contributed by atoms with Crippen LogP contribution < -0.4 is 4.74 Å². The van der Waals surface area contributed by atoms with Crippen LogP contribution in [-0.2, 0) is 6.42 Å². The van der Waals surface area contributed by atoms with Gasteiger partial charge in [0.05, 0.1) is 12.7 Å². The van der Waals surface area contributed by atoms with Crippen LogP contribution in [0.15, 0.2) is 18.2 Å². The van der Waals surface area contributed by atoms with Crippen LogP contribution in [0.2, 0.25) is 0 Å². The van der Waals surface area contributed by atoms with Crippen LogP contribution >= 0.6 is 0 Å². The maximum absolute atomic E-state index is 9.86. The Balaban J connectivity index is 2.08. The van der Waals surface area contributed by atoms with E-state index in [1.54, 1.807) is 0 Å². The van der Waals surface area contributed by atoms with Gasteiger partial charge in [0.25, 0.3) is 0 Å². The predicted octanol–water partition coefficient (Wildman–Crippen LogP) is 1.82. The number of aryl methyl sites for hydroxylation is 1.